The largest absolute Gasteiger partial charge is 0.379 e. The number of nitrogens with zero attached hydrogens (tertiary/aromatic N) is 3. The number of benzene rings is 2. The van der Waals surface area contributed by atoms with Gasteiger partial charge in [0.25, 0.3) is 0 Å². The Kier molecular flexibility index (Phi) is 8.56. The van der Waals surface area contributed by atoms with Crippen molar-refractivity contribution in [3.8, 4) is 0 Å². The highest BCUT2D eigenvalue weighted by Gasteiger charge is 2.22. The monoisotopic (exact) mass is 499 g/mol. The molecule has 0 unspecified atom stereocenters. The summed E-state index contributed by atoms with van der Waals surface area (Å²) in [6.07, 6.45) is 0.302. The Morgan fingerprint density at radius 1 is 1.16 bits per heavy atom. The topological polar surface area (TPSA) is 45.7 Å². The van der Waals surface area contributed by atoms with Crippen molar-refractivity contribution in [1.29, 1.82) is 0 Å². The molecule has 0 N–H and O–H groups in total. The van der Waals surface area contributed by atoms with Crippen LogP contribution in [0.2, 0.25) is 10.0 Å². The maximum absolute atomic E-state index is 13.3. The highest BCUT2D eigenvalue weighted by Crippen LogP contribution is 2.33. The first-order valence-corrected chi connectivity index (χ1v) is 11.5. The van der Waals surface area contributed by atoms with E-state index in [1.54, 1.807) is 0 Å². The van der Waals surface area contributed by atoms with Crippen molar-refractivity contribution in [2.75, 3.05) is 44.3 Å². The number of aromatic nitrogens is 1. The van der Waals surface area contributed by atoms with Crippen LogP contribution < -0.4 is 4.90 Å². The van der Waals surface area contributed by atoms with Gasteiger partial charge < -0.3 is 4.74 Å². The standard InChI is InChI=1S/C22H23Cl2N3O2S.ClH/c1-15-12-18(24)14-19-21(15)25-22(30-19)27(7-6-26-8-10-29-11-9-26)20(28)13-16-2-4-17(23)5-3-16;/h2-5,12,14H,6-11,13H2,1H3;1H. The summed E-state index contributed by atoms with van der Waals surface area (Å²) >= 11 is 13.7. The Morgan fingerprint density at radius 3 is 2.58 bits per heavy atom. The molecule has 0 atom stereocenters. The van der Waals surface area contributed by atoms with Gasteiger partial charge in [0, 0.05) is 36.2 Å². The number of anilines is 1. The molecule has 2 heterocycles. The molecule has 4 rings (SSSR count). The fraction of sp³-hybridized carbons (Fsp3) is 0.364. The van der Waals surface area contributed by atoms with Gasteiger partial charge >= 0.3 is 0 Å². The average molecular weight is 501 g/mol. The maximum atomic E-state index is 13.3. The van der Waals surface area contributed by atoms with E-state index in [2.05, 4.69) is 4.90 Å². The van der Waals surface area contributed by atoms with Gasteiger partial charge in [-0.15, -0.1) is 12.4 Å². The molecular formula is C22H24Cl3N3O2S. The second-order valence-electron chi connectivity index (χ2n) is 7.37. The molecule has 0 spiro atoms. The second kappa shape index (κ2) is 10.9. The summed E-state index contributed by atoms with van der Waals surface area (Å²) in [7, 11) is 0. The van der Waals surface area contributed by atoms with E-state index in [0.717, 1.165) is 54.2 Å². The summed E-state index contributed by atoms with van der Waals surface area (Å²) < 4.78 is 6.43. The van der Waals surface area contributed by atoms with Crippen molar-refractivity contribution in [3.63, 3.8) is 0 Å². The number of ether oxygens (including phenoxy) is 1. The zero-order valence-electron chi connectivity index (χ0n) is 17.1. The number of hydrogen-bond donors (Lipinski definition) is 0. The molecule has 1 aromatic heterocycles. The van der Waals surface area contributed by atoms with Gasteiger partial charge in [0.2, 0.25) is 5.91 Å². The number of carbonyl (C=O) groups is 1. The molecule has 5 nitrogen and oxygen atoms in total. The highest BCUT2D eigenvalue weighted by atomic mass is 35.5. The van der Waals surface area contributed by atoms with Gasteiger partial charge in [0.15, 0.2) is 5.13 Å². The lowest BCUT2D eigenvalue weighted by Crippen LogP contribution is -2.43. The molecule has 166 valence electrons. The number of rotatable bonds is 6. The van der Waals surface area contributed by atoms with Crippen LogP contribution >= 0.6 is 46.9 Å². The lowest BCUT2D eigenvalue weighted by Gasteiger charge is -2.29. The van der Waals surface area contributed by atoms with Crippen LogP contribution in [0.5, 0.6) is 0 Å². The summed E-state index contributed by atoms with van der Waals surface area (Å²) in [5.41, 5.74) is 2.84. The number of carbonyl (C=O) groups excluding carboxylic acids is 1. The van der Waals surface area contributed by atoms with Gasteiger partial charge in [-0.1, -0.05) is 46.7 Å². The quantitative estimate of drug-likeness (QED) is 0.464. The predicted octanol–water partition coefficient (Wildman–Crippen LogP) is 5.24. The number of fused-ring (bicyclic) bond motifs is 1. The molecule has 0 radical (unpaired) electrons. The van der Waals surface area contributed by atoms with E-state index >= 15 is 0 Å². The molecule has 1 saturated heterocycles. The van der Waals surface area contributed by atoms with E-state index in [0.29, 0.717) is 28.1 Å². The molecule has 1 aliphatic rings. The van der Waals surface area contributed by atoms with Crippen molar-refractivity contribution in [1.82, 2.24) is 9.88 Å². The summed E-state index contributed by atoms with van der Waals surface area (Å²) in [5, 5.41) is 2.05. The van der Waals surface area contributed by atoms with Crippen LogP contribution in [0.1, 0.15) is 11.1 Å². The maximum Gasteiger partial charge on any atom is 0.233 e. The number of halogens is 3. The Balaban J connectivity index is 0.00000272. The summed E-state index contributed by atoms with van der Waals surface area (Å²) in [4.78, 5) is 22.2. The van der Waals surface area contributed by atoms with Gasteiger partial charge in [-0.3, -0.25) is 14.6 Å². The highest BCUT2D eigenvalue weighted by molar-refractivity contribution is 7.22. The van der Waals surface area contributed by atoms with Crippen LogP contribution in [0.15, 0.2) is 36.4 Å². The minimum Gasteiger partial charge on any atom is -0.379 e. The normalized spacial score (nSPS) is 14.4. The summed E-state index contributed by atoms with van der Waals surface area (Å²) in [5.74, 6) is 0.0217. The van der Waals surface area contributed by atoms with E-state index < -0.39 is 0 Å². The van der Waals surface area contributed by atoms with Crippen LogP contribution in [-0.4, -0.2) is 55.2 Å². The molecule has 31 heavy (non-hydrogen) atoms. The molecular weight excluding hydrogens is 477 g/mol. The Bertz CT molecular complexity index is 1040. The van der Waals surface area contributed by atoms with E-state index in [9.17, 15) is 4.79 Å². The fourth-order valence-corrected chi connectivity index (χ4v) is 5.11. The SMILES string of the molecule is Cc1cc(Cl)cc2sc(N(CCN3CCOCC3)C(=O)Cc3ccc(Cl)cc3)nc12.Cl. The third-order valence-electron chi connectivity index (χ3n) is 5.18. The van der Waals surface area contributed by atoms with Crippen molar-refractivity contribution < 1.29 is 9.53 Å². The predicted molar refractivity (Wildman–Crippen MR) is 131 cm³/mol. The van der Waals surface area contributed by atoms with Gasteiger partial charge in [0.1, 0.15) is 0 Å². The van der Waals surface area contributed by atoms with Crippen LogP contribution in [0.25, 0.3) is 10.2 Å². The lowest BCUT2D eigenvalue weighted by atomic mass is 10.1. The Morgan fingerprint density at radius 2 is 1.87 bits per heavy atom. The number of aryl methyl sites for hydroxylation is 1. The first-order chi connectivity index (χ1) is 14.5. The van der Waals surface area contributed by atoms with Crippen molar-refractivity contribution >= 4 is 68.2 Å². The lowest BCUT2D eigenvalue weighted by molar-refractivity contribution is -0.118. The molecule has 1 fully saturated rings. The van der Waals surface area contributed by atoms with Gasteiger partial charge in [0.05, 0.1) is 29.9 Å². The molecule has 3 aromatic rings. The molecule has 0 bridgehead atoms. The number of amides is 1. The fourth-order valence-electron chi connectivity index (χ4n) is 3.52. The van der Waals surface area contributed by atoms with Crippen molar-refractivity contribution in [3.05, 3.63) is 57.6 Å². The molecule has 0 saturated carbocycles. The minimum atomic E-state index is 0. The summed E-state index contributed by atoms with van der Waals surface area (Å²) in [6, 6.07) is 11.2. The first-order valence-electron chi connectivity index (χ1n) is 9.91. The molecule has 1 amide bonds. The molecule has 0 aliphatic carbocycles. The molecule has 9 heteroatoms. The van der Waals surface area contributed by atoms with E-state index in [4.69, 9.17) is 32.9 Å². The number of hydrogen-bond acceptors (Lipinski definition) is 5. The Hall–Kier alpha value is -1.41. The van der Waals surface area contributed by atoms with E-state index in [1.807, 2.05) is 48.2 Å². The third-order valence-corrected chi connectivity index (χ3v) is 6.68. The number of morpholine rings is 1. The van der Waals surface area contributed by atoms with Crippen LogP contribution in [0.4, 0.5) is 5.13 Å². The zero-order valence-corrected chi connectivity index (χ0v) is 20.3. The first kappa shape index (κ1) is 24.2. The van der Waals surface area contributed by atoms with Crippen molar-refractivity contribution in [2.24, 2.45) is 0 Å². The van der Waals surface area contributed by atoms with E-state index in [1.165, 1.54) is 11.3 Å². The zero-order chi connectivity index (χ0) is 21.1. The minimum absolute atomic E-state index is 0. The Labute approximate surface area is 202 Å². The average Bonchev–Trinajstić information content (AvgIpc) is 3.14. The summed E-state index contributed by atoms with van der Waals surface area (Å²) in [6.45, 7) is 6.59. The van der Waals surface area contributed by atoms with Gasteiger partial charge in [-0.2, -0.15) is 0 Å². The molecule has 1 aliphatic heterocycles. The van der Waals surface area contributed by atoms with Gasteiger partial charge in [-0.25, -0.2) is 4.98 Å². The molecule has 2 aromatic carbocycles. The van der Waals surface area contributed by atoms with Crippen LogP contribution in [-0.2, 0) is 16.0 Å². The van der Waals surface area contributed by atoms with Crippen LogP contribution in [0.3, 0.4) is 0 Å². The smallest absolute Gasteiger partial charge is 0.233 e. The van der Waals surface area contributed by atoms with Crippen molar-refractivity contribution in [2.45, 2.75) is 13.3 Å². The van der Waals surface area contributed by atoms with Crippen LogP contribution in [0, 0.1) is 6.92 Å². The second-order valence-corrected chi connectivity index (χ2v) is 9.25. The van der Waals surface area contributed by atoms with Gasteiger partial charge in [-0.05, 0) is 42.3 Å². The third kappa shape index (κ3) is 6.09. The van der Waals surface area contributed by atoms with E-state index in [-0.39, 0.29) is 18.3 Å². The number of thiazole rings is 1.